The van der Waals surface area contributed by atoms with Crippen molar-refractivity contribution >= 4 is 5.91 Å². The van der Waals surface area contributed by atoms with Gasteiger partial charge in [0.05, 0.1) is 6.54 Å². The van der Waals surface area contributed by atoms with Crippen LogP contribution in [-0.4, -0.2) is 43.2 Å². The molecule has 1 amide bonds. The summed E-state index contributed by atoms with van der Waals surface area (Å²) in [5, 5.41) is 2.87. The van der Waals surface area contributed by atoms with Gasteiger partial charge in [-0.05, 0) is 56.3 Å². The highest BCUT2D eigenvalue weighted by atomic mass is 19.4. The number of hydrogen-bond donors (Lipinski definition) is 1. The summed E-state index contributed by atoms with van der Waals surface area (Å²) in [6.45, 7) is 4.25. The highest BCUT2D eigenvalue weighted by Crippen LogP contribution is 2.22. The summed E-state index contributed by atoms with van der Waals surface area (Å²) >= 11 is 0. The van der Waals surface area contributed by atoms with Crippen LogP contribution in [0.15, 0.2) is 18.2 Å². The Kier molecular flexibility index (Phi) is 5.68. The SMILES string of the molecule is Cc1cccc(C(=O)NC[C@H]2CCCN(CC(F)(F)F)C2)c1C. The summed E-state index contributed by atoms with van der Waals surface area (Å²) in [5.74, 6) is -0.0840. The van der Waals surface area contributed by atoms with E-state index >= 15 is 0 Å². The number of nitrogens with zero attached hydrogens (tertiary/aromatic N) is 1. The lowest BCUT2D eigenvalue weighted by Crippen LogP contribution is -2.44. The van der Waals surface area contributed by atoms with Crippen LogP contribution in [0.2, 0.25) is 0 Å². The van der Waals surface area contributed by atoms with Crippen molar-refractivity contribution < 1.29 is 18.0 Å². The van der Waals surface area contributed by atoms with E-state index < -0.39 is 12.7 Å². The average Bonchev–Trinajstić information content (AvgIpc) is 2.46. The van der Waals surface area contributed by atoms with Crippen molar-refractivity contribution in [2.45, 2.75) is 32.9 Å². The largest absolute Gasteiger partial charge is 0.401 e. The Morgan fingerprint density at radius 2 is 2.09 bits per heavy atom. The van der Waals surface area contributed by atoms with E-state index in [-0.39, 0.29) is 11.8 Å². The molecule has 2 rings (SSSR count). The molecule has 0 radical (unpaired) electrons. The molecular formula is C17H23F3N2O. The fraction of sp³-hybridized carbons (Fsp3) is 0.588. The summed E-state index contributed by atoms with van der Waals surface area (Å²) in [6, 6.07) is 5.56. The van der Waals surface area contributed by atoms with Crippen LogP contribution in [0.3, 0.4) is 0 Å². The van der Waals surface area contributed by atoms with Crippen molar-refractivity contribution in [3.63, 3.8) is 0 Å². The quantitative estimate of drug-likeness (QED) is 0.920. The Labute approximate surface area is 134 Å². The van der Waals surface area contributed by atoms with Crippen LogP contribution in [0.4, 0.5) is 13.2 Å². The van der Waals surface area contributed by atoms with Gasteiger partial charge in [0.1, 0.15) is 0 Å². The normalized spacial score (nSPS) is 19.6. The van der Waals surface area contributed by atoms with Gasteiger partial charge in [-0.3, -0.25) is 9.69 Å². The van der Waals surface area contributed by atoms with Gasteiger partial charge in [-0.15, -0.1) is 0 Å². The van der Waals surface area contributed by atoms with Crippen LogP contribution >= 0.6 is 0 Å². The van der Waals surface area contributed by atoms with Gasteiger partial charge in [0.2, 0.25) is 0 Å². The molecule has 3 nitrogen and oxygen atoms in total. The first-order chi connectivity index (χ1) is 10.8. The fourth-order valence-electron chi connectivity index (χ4n) is 3.04. The number of benzene rings is 1. The molecule has 128 valence electrons. The monoisotopic (exact) mass is 328 g/mol. The van der Waals surface area contributed by atoms with E-state index in [0.29, 0.717) is 25.2 Å². The average molecular weight is 328 g/mol. The van der Waals surface area contributed by atoms with E-state index in [1.807, 2.05) is 26.0 Å². The topological polar surface area (TPSA) is 32.3 Å². The summed E-state index contributed by atoms with van der Waals surface area (Å²) < 4.78 is 37.4. The Morgan fingerprint density at radius 1 is 1.35 bits per heavy atom. The lowest BCUT2D eigenvalue weighted by molar-refractivity contribution is -0.149. The second-order valence-electron chi connectivity index (χ2n) is 6.32. The van der Waals surface area contributed by atoms with Crippen LogP contribution in [-0.2, 0) is 0 Å². The third-order valence-electron chi connectivity index (χ3n) is 4.41. The molecule has 1 N–H and O–H groups in total. The van der Waals surface area contributed by atoms with Gasteiger partial charge in [0.15, 0.2) is 0 Å². The van der Waals surface area contributed by atoms with Crippen molar-refractivity contribution in [3.8, 4) is 0 Å². The zero-order valence-electron chi connectivity index (χ0n) is 13.5. The standard InChI is InChI=1S/C17H23F3N2O/c1-12-5-3-7-15(13(12)2)16(23)21-9-14-6-4-8-22(10-14)11-17(18,19)20/h3,5,7,14H,4,6,8-11H2,1-2H3,(H,21,23)/t14-/m1/s1. The van der Waals surface area contributed by atoms with E-state index in [2.05, 4.69) is 5.32 Å². The van der Waals surface area contributed by atoms with E-state index in [9.17, 15) is 18.0 Å². The molecule has 1 fully saturated rings. The van der Waals surface area contributed by atoms with Crippen LogP contribution < -0.4 is 5.32 Å². The van der Waals surface area contributed by atoms with Gasteiger partial charge in [-0.25, -0.2) is 0 Å². The van der Waals surface area contributed by atoms with Crippen LogP contribution in [0.1, 0.15) is 34.3 Å². The Bertz CT molecular complexity index is 557. The van der Waals surface area contributed by atoms with E-state index in [1.165, 1.54) is 4.90 Å². The zero-order chi connectivity index (χ0) is 17.0. The number of hydrogen-bond acceptors (Lipinski definition) is 2. The molecular weight excluding hydrogens is 305 g/mol. The third-order valence-corrected chi connectivity index (χ3v) is 4.41. The fourth-order valence-corrected chi connectivity index (χ4v) is 3.04. The van der Waals surface area contributed by atoms with Gasteiger partial charge < -0.3 is 5.32 Å². The summed E-state index contributed by atoms with van der Waals surface area (Å²) in [5.41, 5.74) is 2.62. The number of alkyl halides is 3. The number of piperidine rings is 1. The summed E-state index contributed by atoms with van der Waals surface area (Å²) in [7, 11) is 0. The van der Waals surface area contributed by atoms with Gasteiger partial charge in [0.25, 0.3) is 5.91 Å². The number of nitrogens with one attached hydrogen (secondary N) is 1. The second-order valence-corrected chi connectivity index (χ2v) is 6.32. The maximum atomic E-state index is 12.5. The van der Waals surface area contributed by atoms with E-state index in [4.69, 9.17) is 0 Å². The van der Waals surface area contributed by atoms with Crippen molar-refractivity contribution in [3.05, 3.63) is 34.9 Å². The van der Waals surface area contributed by atoms with Gasteiger partial charge in [-0.2, -0.15) is 13.2 Å². The minimum Gasteiger partial charge on any atom is -0.352 e. The van der Waals surface area contributed by atoms with Crippen LogP contribution in [0.5, 0.6) is 0 Å². The summed E-state index contributed by atoms with van der Waals surface area (Å²) in [4.78, 5) is 13.7. The summed E-state index contributed by atoms with van der Waals surface area (Å²) in [6.07, 6.45) is -2.58. The Hall–Kier alpha value is -1.56. The molecule has 0 aliphatic carbocycles. The van der Waals surface area contributed by atoms with Crippen LogP contribution in [0.25, 0.3) is 0 Å². The molecule has 1 aliphatic rings. The first kappa shape index (κ1) is 17.8. The van der Waals surface area contributed by atoms with Crippen molar-refractivity contribution in [1.82, 2.24) is 10.2 Å². The van der Waals surface area contributed by atoms with E-state index in [1.54, 1.807) is 6.07 Å². The number of halogens is 3. The number of likely N-dealkylation sites (tertiary alicyclic amines) is 1. The molecule has 1 saturated heterocycles. The van der Waals surface area contributed by atoms with Crippen molar-refractivity contribution in [2.24, 2.45) is 5.92 Å². The zero-order valence-corrected chi connectivity index (χ0v) is 13.5. The molecule has 0 aromatic heterocycles. The molecule has 0 bridgehead atoms. The van der Waals surface area contributed by atoms with Crippen molar-refractivity contribution in [1.29, 1.82) is 0 Å². The Balaban J connectivity index is 1.88. The Morgan fingerprint density at radius 3 is 2.78 bits per heavy atom. The molecule has 0 spiro atoms. The number of aryl methyl sites for hydroxylation is 1. The lowest BCUT2D eigenvalue weighted by atomic mass is 9.97. The molecule has 6 heteroatoms. The van der Waals surface area contributed by atoms with Crippen molar-refractivity contribution in [2.75, 3.05) is 26.2 Å². The molecule has 1 atom stereocenters. The molecule has 1 heterocycles. The first-order valence-electron chi connectivity index (χ1n) is 7.90. The molecule has 1 aromatic carbocycles. The maximum Gasteiger partial charge on any atom is 0.401 e. The molecule has 0 saturated carbocycles. The van der Waals surface area contributed by atoms with Gasteiger partial charge in [0, 0.05) is 18.7 Å². The van der Waals surface area contributed by atoms with Crippen LogP contribution in [0, 0.1) is 19.8 Å². The minimum absolute atomic E-state index is 0.0696. The lowest BCUT2D eigenvalue weighted by Gasteiger charge is -2.33. The maximum absolute atomic E-state index is 12.5. The number of rotatable bonds is 4. The van der Waals surface area contributed by atoms with Gasteiger partial charge in [-0.1, -0.05) is 12.1 Å². The number of carbonyl (C=O) groups excluding carboxylic acids is 1. The predicted octanol–water partition coefficient (Wildman–Crippen LogP) is 3.31. The first-order valence-corrected chi connectivity index (χ1v) is 7.90. The second kappa shape index (κ2) is 7.34. The van der Waals surface area contributed by atoms with Gasteiger partial charge >= 0.3 is 6.18 Å². The smallest absolute Gasteiger partial charge is 0.352 e. The minimum atomic E-state index is -4.16. The number of carbonyl (C=O) groups is 1. The highest BCUT2D eigenvalue weighted by Gasteiger charge is 2.33. The molecule has 0 unspecified atom stereocenters. The molecule has 1 aromatic rings. The third kappa shape index (κ3) is 5.23. The molecule has 1 aliphatic heterocycles. The molecule has 23 heavy (non-hydrogen) atoms. The highest BCUT2D eigenvalue weighted by molar-refractivity contribution is 5.95. The number of amides is 1. The van der Waals surface area contributed by atoms with E-state index in [0.717, 1.165) is 24.0 Å². The predicted molar refractivity (Wildman–Crippen MR) is 83.5 cm³/mol.